The molecule has 1 unspecified atom stereocenters. The molecular formula is C8H14N2O2S2. The van der Waals surface area contributed by atoms with Crippen molar-refractivity contribution in [1.82, 2.24) is 4.98 Å². The van der Waals surface area contributed by atoms with Crippen LogP contribution in [0.15, 0.2) is 6.20 Å². The zero-order valence-corrected chi connectivity index (χ0v) is 10.1. The molecule has 14 heavy (non-hydrogen) atoms. The van der Waals surface area contributed by atoms with Gasteiger partial charge in [0, 0.05) is 23.9 Å². The van der Waals surface area contributed by atoms with Gasteiger partial charge < -0.3 is 5.32 Å². The van der Waals surface area contributed by atoms with E-state index in [-0.39, 0.29) is 5.25 Å². The van der Waals surface area contributed by atoms with Gasteiger partial charge in [-0.1, -0.05) is 0 Å². The third-order valence-corrected chi connectivity index (χ3v) is 4.39. The summed E-state index contributed by atoms with van der Waals surface area (Å²) in [6.45, 7) is 4.05. The number of aromatic nitrogens is 1. The summed E-state index contributed by atoms with van der Waals surface area (Å²) in [5.41, 5.74) is 0. The first kappa shape index (κ1) is 11.5. The molecule has 1 N–H and O–H groups in total. The Bertz CT molecular complexity index is 397. The first-order valence-corrected chi connectivity index (χ1v) is 7.02. The molecule has 0 fully saturated rings. The monoisotopic (exact) mass is 234 g/mol. The minimum Gasteiger partial charge on any atom is -0.360 e. The van der Waals surface area contributed by atoms with Crippen molar-refractivity contribution in [1.29, 1.82) is 0 Å². The predicted octanol–water partition coefficient (Wildman–Crippen LogP) is 1.30. The van der Waals surface area contributed by atoms with Crippen LogP contribution in [-0.2, 0) is 9.84 Å². The second kappa shape index (κ2) is 4.27. The van der Waals surface area contributed by atoms with Crippen LogP contribution in [0.5, 0.6) is 0 Å². The highest BCUT2D eigenvalue weighted by molar-refractivity contribution is 7.91. The summed E-state index contributed by atoms with van der Waals surface area (Å²) in [5, 5.41) is 3.39. The van der Waals surface area contributed by atoms with E-state index in [1.807, 2.05) is 6.92 Å². The number of thiazole rings is 1. The second-order valence-corrected chi connectivity index (χ2v) is 7.00. The minimum absolute atomic E-state index is 0.383. The lowest BCUT2D eigenvalue weighted by Gasteiger charge is -2.09. The van der Waals surface area contributed by atoms with E-state index < -0.39 is 9.84 Å². The lowest BCUT2D eigenvalue weighted by Crippen LogP contribution is -2.24. The number of rotatable bonds is 4. The Hall–Kier alpha value is -0.620. The predicted molar refractivity (Wildman–Crippen MR) is 59.6 cm³/mol. The molecule has 1 heterocycles. The highest BCUT2D eigenvalue weighted by Gasteiger charge is 2.14. The van der Waals surface area contributed by atoms with Crippen molar-refractivity contribution in [2.45, 2.75) is 19.1 Å². The number of nitrogens with zero attached hydrogens (tertiary/aromatic N) is 1. The summed E-state index contributed by atoms with van der Waals surface area (Å²) >= 11 is 1.52. The van der Waals surface area contributed by atoms with Crippen LogP contribution < -0.4 is 5.32 Å². The molecule has 80 valence electrons. The zero-order chi connectivity index (χ0) is 10.8. The lowest BCUT2D eigenvalue weighted by atomic mass is 10.5. The van der Waals surface area contributed by atoms with Crippen LogP contribution in [0.4, 0.5) is 5.13 Å². The standard InChI is InChI=1S/C8H14N2O2S2/c1-6-4-9-8(13-6)10-5-7(2)14(3,11)12/h4,7H,5H2,1-3H3,(H,9,10). The van der Waals surface area contributed by atoms with Crippen molar-refractivity contribution in [3.05, 3.63) is 11.1 Å². The molecule has 0 bridgehead atoms. The van der Waals surface area contributed by atoms with Crippen molar-refractivity contribution < 1.29 is 8.42 Å². The summed E-state index contributed by atoms with van der Waals surface area (Å²) in [5.74, 6) is 0. The van der Waals surface area contributed by atoms with Crippen molar-refractivity contribution >= 4 is 26.3 Å². The second-order valence-electron chi connectivity index (χ2n) is 3.30. The summed E-state index contributed by atoms with van der Waals surface area (Å²) in [6.07, 6.45) is 3.00. The normalized spacial score (nSPS) is 13.9. The van der Waals surface area contributed by atoms with Gasteiger partial charge in [-0.25, -0.2) is 13.4 Å². The van der Waals surface area contributed by atoms with Gasteiger partial charge in [0.15, 0.2) is 15.0 Å². The lowest BCUT2D eigenvalue weighted by molar-refractivity contribution is 0.591. The van der Waals surface area contributed by atoms with Crippen LogP contribution in [0, 0.1) is 6.92 Å². The fourth-order valence-electron chi connectivity index (χ4n) is 0.819. The highest BCUT2D eigenvalue weighted by Crippen LogP contribution is 2.16. The van der Waals surface area contributed by atoms with Crippen molar-refractivity contribution in [2.75, 3.05) is 18.1 Å². The van der Waals surface area contributed by atoms with Crippen LogP contribution in [0.25, 0.3) is 0 Å². The van der Waals surface area contributed by atoms with E-state index in [0.717, 1.165) is 10.0 Å². The molecule has 1 atom stereocenters. The topological polar surface area (TPSA) is 59.1 Å². The van der Waals surface area contributed by atoms with Gasteiger partial charge in [0.25, 0.3) is 0 Å². The molecule has 0 aliphatic rings. The first-order valence-electron chi connectivity index (χ1n) is 4.25. The third-order valence-electron chi connectivity index (χ3n) is 1.89. The first-order chi connectivity index (χ1) is 6.39. The van der Waals surface area contributed by atoms with Crippen molar-refractivity contribution in [2.24, 2.45) is 0 Å². The molecule has 0 aromatic carbocycles. The summed E-state index contributed by atoms with van der Waals surface area (Å²) in [4.78, 5) is 5.19. The van der Waals surface area contributed by atoms with Crippen LogP contribution in [0.1, 0.15) is 11.8 Å². The molecule has 0 aliphatic heterocycles. The maximum Gasteiger partial charge on any atom is 0.182 e. The fraction of sp³-hybridized carbons (Fsp3) is 0.625. The Labute approximate surface area is 88.3 Å². The summed E-state index contributed by atoms with van der Waals surface area (Å²) in [6, 6.07) is 0. The number of hydrogen-bond donors (Lipinski definition) is 1. The molecule has 0 radical (unpaired) electrons. The highest BCUT2D eigenvalue weighted by atomic mass is 32.2. The van der Waals surface area contributed by atoms with Gasteiger partial charge in [0.1, 0.15) is 0 Å². The number of sulfone groups is 1. The Morgan fingerprint density at radius 1 is 1.64 bits per heavy atom. The van der Waals surface area contributed by atoms with Gasteiger partial charge in [-0.15, -0.1) is 11.3 Å². The Kier molecular flexibility index (Phi) is 3.49. The molecule has 0 aliphatic carbocycles. The Morgan fingerprint density at radius 3 is 2.71 bits per heavy atom. The molecular weight excluding hydrogens is 220 g/mol. The molecule has 1 rings (SSSR count). The molecule has 0 spiro atoms. The molecule has 1 aromatic rings. The Morgan fingerprint density at radius 2 is 2.29 bits per heavy atom. The molecule has 1 aromatic heterocycles. The quantitative estimate of drug-likeness (QED) is 0.853. The van der Waals surface area contributed by atoms with E-state index in [9.17, 15) is 8.42 Å². The average molecular weight is 234 g/mol. The number of hydrogen-bond acceptors (Lipinski definition) is 5. The fourth-order valence-corrected chi connectivity index (χ4v) is 1.88. The van der Waals surface area contributed by atoms with E-state index in [4.69, 9.17) is 0 Å². The SMILES string of the molecule is Cc1cnc(NCC(C)S(C)(=O)=O)s1. The van der Waals surface area contributed by atoms with Crippen molar-refractivity contribution in [3.8, 4) is 0 Å². The zero-order valence-electron chi connectivity index (χ0n) is 8.44. The molecule has 0 amide bonds. The summed E-state index contributed by atoms with van der Waals surface area (Å²) in [7, 11) is -2.95. The van der Waals surface area contributed by atoms with Crippen LogP contribution in [-0.4, -0.2) is 31.5 Å². The summed E-state index contributed by atoms with van der Waals surface area (Å²) < 4.78 is 22.2. The van der Waals surface area contributed by atoms with Gasteiger partial charge in [0.05, 0.1) is 5.25 Å². The van der Waals surface area contributed by atoms with Gasteiger partial charge in [-0.3, -0.25) is 0 Å². The number of nitrogens with one attached hydrogen (secondary N) is 1. The van der Waals surface area contributed by atoms with E-state index in [0.29, 0.717) is 6.54 Å². The van der Waals surface area contributed by atoms with Gasteiger partial charge >= 0.3 is 0 Å². The molecule has 0 saturated heterocycles. The Balaban J connectivity index is 2.50. The number of aryl methyl sites for hydroxylation is 1. The van der Waals surface area contributed by atoms with Gasteiger partial charge in [-0.2, -0.15) is 0 Å². The van der Waals surface area contributed by atoms with E-state index in [1.165, 1.54) is 17.6 Å². The van der Waals surface area contributed by atoms with Crippen LogP contribution >= 0.6 is 11.3 Å². The largest absolute Gasteiger partial charge is 0.360 e. The molecule has 4 nitrogen and oxygen atoms in total. The van der Waals surface area contributed by atoms with E-state index in [1.54, 1.807) is 13.1 Å². The van der Waals surface area contributed by atoms with Crippen LogP contribution in [0.3, 0.4) is 0 Å². The molecule has 0 saturated carbocycles. The average Bonchev–Trinajstić information content (AvgIpc) is 2.45. The smallest absolute Gasteiger partial charge is 0.182 e. The molecule has 6 heteroatoms. The minimum atomic E-state index is -2.95. The maximum absolute atomic E-state index is 11.1. The van der Waals surface area contributed by atoms with Crippen molar-refractivity contribution in [3.63, 3.8) is 0 Å². The van der Waals surface area contributed by atoms with E-state index in [2.05, 4.69) is 10.3 Å². The van der Waals surface area contributed by atoms with Crippen LogP contribution in [0.2, 0.25) is 0 Å². The van der Waals surface area contributed by atoms with Gasteiger partial charge in [0.2, 0.25) is 0 Å². The van der Waals surface area contributed by atoms with Gasteiger partial charge in [-0.05, 0) is 13.8 Å². The third kappa shape index (κ3) is 3.26. The van der Waals surface area contributed by atoms with E-state index >= 15 is 0 Å². The maximum atomic E-state index is 11.1. The number of anilines is 1.